The van der Waals surface area contributed by atoms with Crippen LogP contribution in [0.5, 0.6) is 0 Å². The summed E-state index contributed by atoms with van der Waals surface area (Å²) >= 11 is 3.23. The van der Waals surface area contributed by atoms with Crippen molar-refractivity contribution in [1.82, 2.24) is 4.72 Å². The summed E-state index contributed by atoms with van der Waals surface area (Å²) in [4.78, 5) is 0.211. The highest BCUT2D eigenvalue weighted by Gasteiger charge is 2.21. The van der Waals surface area contributed by atoms with Crippen LogP contribution in [0, 0.1) is 0 Å². The normalized spacial score (nSPS) is 13.4. The lowest BCUT2D eigenvalue weighted by Crippen LogP contribution is -2.26. The first-order valence-electron chi connectivity index (χ1n) is 5.31. The van der Waals surface area contributed by atoms with E-state index in [1.807, 2.05) is 0 Å². The van der Waals surface area contributed by atoms with Crippen molar-refractivity contribution in [3.63, 3.8) is 0 Å². The van der Waals surface area contributed by atoms with Gasteiger partial charge in [0.1, 0.15) is 5.76 Å². The molecule has 0 fully saturated rings. The van der Waals surface area contributed by atoms with Crippen LogP contribution >= 0.6 is 15.9 Å². The minimum atomic E-state index is -3.57. The second kappa shape index (κ2) is 5.26. The molecule has 2 aromatic rings. The minimum Gasteiger partial charge on any atom is -0.468 e. The van der Waals surface area contributed by atoms with Gasteiger partial charge in [0, 0.05) is 4.47 Å². The van der Waals surface area contributed by atoms with E-state index in [4.69, 9.17) is 4.42 Å². The Bertz CT molecular complexity index is 623. The van der Waals surface area contributed by atoms with Crippen molar-refractivity contribution in [2.45, 2.75) is 17.9 Å². The zero-order valence-electron chi connectivity index (χ0n) is 9.63. The molecule has 0 saturated carbocycles. The predicted octanol–water partition coefficient (Wildman–Crippen LogP) is 3.08. The molecule has 1 atom stereocenters. The average molecular weight is 330 g/mol. The van der Waals surface area contributed by atoms with E-state index < -0.39 is 16.1 Å². The van der Waals surface area contributed by atoms with Crippen LogP contribution < -0.4 is 4.72 Å². The van der Waals surface area contributed by atoms with E-state index >= 15 is 0 Å². The van der Waals surface area contributed by atoms with Gasteiger partial charge >= 0.3 is 0 Å². The van der Waals surface area contributed by atoms with E-state index in [1.165, 1.54) is 6.26 Å². The largest absolute Gasteiger partial charge is 0.468 e. The lowest BCUT2D eigenvalue weighted by Gasteiger charge is -2.12. The molecular formula is C12H12BrNO3S. The molecule has 4 nitrogen and oxygen atoms in total. The van der Waals surface area contributed by atoms with E-state index in [2.05, 4.69) is 20.7 Å². The van der Waals surface area contributed by atoms with Crippen LogP contribution in [-0.4, -0.2) is 8.42 Å². The second-order valence-corrected chi connectivity index (χ2v) is 6.33. The van der Waals surface area contributed by atoms with Gasteiger partial charge in [-0.15, -0.1) is 0 Å². The first-order chi connectivity index (χ1) is 8.50. The third-order valence-electron chi connectivity index (χ3n) is 2.43. The molecule has 0 amide bonds. The summed E-state index contributed by atoms with van der Waals surface area (Å²) in [5.74, 6) is 0.575. The summed E-state index contributed by atoms with van der Waals surface area (Å²) in [6.45, 7) is 1.73. The first kappa shape index (κ1) is 13.3. The number of hydrogen-bond acceptors (Lipinski definition) is 3. The molecule has 0 bridgehead atoms. The van der Waals surface area contributed by atoms with Gasteiger partial charge in [0.2, 0.25) is 10.0 Å². The Hall–Kier alpha value is -1.11. The number of nitrogens with one attached hydrogen (secondary N) is 1. The Balaban J connectivity index is 2.26. The number of hydrogen-bond donors (Lipinski definition) is 1. The van der Waals surface area contributed by atoms with Gasteiger partial charge < -0.3 is 4.42 Å². The van der Waals surface area contributed by atoms with Crippen LogP contribution in [0.15, 0.2) is 56.4 Å². The summed E-state index contributed by atoms with van der Waals surface area (Å²) in [5.41, 5.74) is 0. The molecule has 1 aromatic carbocycles. The van der Waals surface area contributed by atoms with Gasteiger partial charge in [0.05, 0.1) is 17.2 Å². The molecule has 0 radical (unpaired) electrons. The molecular weight excluding hydrogens is 318 g/mol. The molecule has 0 aliphatic rings. The van der Waals surface area contributed by atoms with Gasteiger partial charge in [-0.1, -0.05) is 12.1 Å². The van der Waals surface area contributed by atoms with Crippen LogP contribution in [0.3, 0.4) is 0 Å². The maximum absolute atomic E-state index is 12.2. The highest BCUT2D eigenvalue weighted by atomic mass is 79.9. The van der Waals surface area contributed by atoms with Crippen LogP contribution in [-0.2, 0) is 10.0 Å². The molecule has 0 aliphatic heterocycles. The van der Waals surface area contributed by atoms with Crippen LogP contribution in [0.1, 0.15) is 18.7 Å². The van der Waals surface area contributed by atoms with E-state index in [9.17, 15) is 8.42 Å². The summed E-state index contributed by atoms with van der Waals surface area (Å²) in [6.07, 6.45) is 1.51. The van der Waals surface area contributed by atoms with E-state index in [-0.39, 0.29) is 4.90 Å². The molecule has 1 heterocycles. The first-order valence-corrected chi connectivity index (χ1v) is 7.58. The van der Waals surface area contributed by atoms with Crippen LogP contribution in [0.2, 0.25) is 0 Å². The van der Waals surface area contributed by atoms with E-state index in [0.717, 1.165) is 0 Å². The van der Waals surface area contributed by atoms with Crippen molar-refractivity contribution in [2.75, 3.05) is 0 Å². The number of benzene rings is 1. The third kappa shape index (κ3) is 2.82. The van der Waals surface area contributed by atoms with Crippen molar-refractivity contribution < 1.29 is 12.8 Å². The lowest BCUT2D eigenvalue weighted by atomic mass is 10.3. The fraction of sp³-hybridized carbons (Fsp3) is 0.167. The SMILES string of the molecule is C[C@H](NS(=O)(=O)c1ccccc1Br)c1ccco1. The van der Waals surface area contributed by atoms with Crippen molar-refractivity contribution in [3.8, 4) is 0 Å². The fourth-order valence-electron chi connectivity index (χ4n) is 1.55. The summed E-state index contributed by atoms with van der Waals surface area (Å²) < 4.78 is 32.6. The van der Waals surface area contributed by atoms with Crippen LogP contribution in [0.25, 0.3) is 0 Å². The maximum Gasteiger partial charge on any atom is 0.242 e. The molecule has 18 heavy (non-hydrogen) atoms. The zero-order chi connectivity index (χ0) is 13.2. The number of furan rings is 1. The Labute approximate surface area is 114 Å². The quantitative estimate of drug-likeness (QED) is 0.937. The Morgan fingerprint density at radius 3 is 2.56 bits per heavy atom. The fourth-order valence-corrected chi connectivity index (χ4v) is 3.77. The summed E-state index contributed by atoms with van der Waals surface area (Å²) in [6, 6.07) is 9.70. The molecule has 0 aliphatic carbocycles. The molecule has 6 heteroatoms. The summed E-state index contributed by atoms with van der Waals surface area (Å²) in [7, 11) is -3.57. The third-order valence-corrected chi connectivity index (χ3v) is 4.98. The standard InChI is InChI=1S/C12H12BrNO3S/c1-9(11-6-4-8-17-11)14-18(15,16)12-7-3-2-5-10(12)13/h2-9,14H,1H3/t9-/m0/s1. The van der Waals surface area contributed by atoms with Crippen molar-refractivity contribution >= 4 is 26.0 Å². The number of sulfonamides is 1. The molecule has 0 spiro atoms. The highest BCUT2D eigenvalue weighted by Crippen LogP contribution is 2.23. The van der Waals surface area contributed by atoms with E-state index in [0.29, 0.717) is 10.2 Å². The van der Waals surface area contributed by atoms with Gasteiger partial charge in [0.15, 0.2) is 0 Å². The summed E-state index contributed by atoms with van der Waals surface area (Å²) in [5, 5.41) is 0. The predicted molar refractivity (Wildman–Crippen MR) is 71.6 cm³/mol. The van der Waals surface area contributed by atoms with Crippen LogP contribution in [0.4, 0.5) is 0 Å². The van der Waals surface area contributed by atoms with Gasteiger partial charge in [0.25, 0.3) is 0 Å². The molecule has 0 saturated heterocycles. The molecule has 1 N–H and O–H groups in total. The molecule has 1 aromatic heterocycles. The van der Waals surface area contributed by atoms with Gasteiger partial charge in [-0.25, -0.2) is 13.1 Å². The maximum atomic E-state index is 12.2. The Kier molecular flexibility index (Phi) is 3.89. The second-order valence-electron chi connectivity index (χ2n) is 3.79. The molecule has 2 rings (SSSR count). The van der Waals surface area contributed by atoms with Gasteiger partial charge in [-0.3, -0.25) is 0 Å². The van der Waals surface area contributed by atoms with Gasteiger partial charge in [-0.2, -0.15) is 0 Å². The number of rotatable bonds is 4. The lowest BCUT2D eigenvalue weighted by molar-refractivity contribution is 0.459. The van der Waals surface area contributed by atoms with Crippen molar-refractivity contribution in [2.24, 2.45) is 0 Å². The average Bonchev–Trinajstić information content (AvgIpc) is 2.82. The minimum absolute atomic E-state index is 0.211. The highest BCUT2D eigenvalue weighted by molar-refractivity contribution is 9.10. The Morgan fingerprint density at radius 1 is 1.22 bits per heavy atom. The molecule has 96 valence electrons. The van der Waals surface area contributed by atoms with Crippen molar-refractivity contribution in [3.05, 3.63) is 52.9 Å². The van der Waals surface area contributed by atoms with Gasteiger partial charge in [-0.05, 0) is 47.1 Å². The zero-order valence-corrected chi connectivity index (χ0v) is 12.0. The topological polar surface area (TPSA) is 59.3 Å². The van der Waals surface area contributed by atoms with E-state index in [1.54, 1.807) is 43.3 Å². The smallest absolute Gasteiger partial charge is 0.242 e. The monoisotopic (exact) mass is 329 g/mol. The number of halogens is 1. The van der Waals surface area contributed by atoms with Crippen molar-refractivity contribution in [1.29, 1.82) is 0 Å². The Morgan fingerprint density at radius 2 is 1.94 bits per heavy atom. The molecule has 0 unspecified atom stereocenters.